The third-order valence-corrected chi connectivity index (χ3v) is 4.81. The molecular formula is C20H25F3N4O. The van der Waals surface area contributed by atoms with Crippen LogP contribution in [0.15, 0.2) is 30.3 Å². The number of aromatic nitrogens is 2. The Morgan fingerprint density at radius 3 is 2.46 bits per heavy atom. The molecule has 28 heavy (non-hydrogen) atoms. The standard InChI is InChI=1S/C20H25F3N4O/c1-14-12-15(2)27(25-14)11-3-10-24-19(28)26(18-8-9-18)13-16-4-6-17(7-5-16)20(21,22)23/h4-7,12,18H,3,8-11,13H2,1-2H3,(H,24,28). The smallest absolute Gasteiger partial charge is 0.338 e. The van der Waals surface area contributed by atoms with E-state index >= 15 is 0 Å². The van der Waals surface area contributed by atoms with Crippen LogP contribution in [0.2, 0.25) is 0 Å². The third-order valence-electron chi connectivity index (χ3n) is 4.81. The zero-order chi connectivity index (χ0) is 20.3. The maximum Gasteiger partial charge on any atom is 0.416 e. The van der Waals surface area contributed by atoms with E-state index < -0.39 is 11.7 Å². The molecular weight excluding hydrogens is 369 g/mol. The number of nitrogens with zero attached hydrogens (tertiary/aromatic N) is 3. The molecule has 1 fully saturated rings. The summed E-state index contributed by atoms with van der Waals surface area (Å²) >= 11 is 0. The van der Waals surface area contributed by atoms with Gasteiger partial charge in [-0.25, -0.2) is 4.79 Å². The third kappa shape index (κ3) is 5.27. The summed E-state index contributed by atoms with van der Waals surface area (Å²) < 4.78 is 40.0. The Bertz CT molecular complexity index is 810. The summed E-state index contributed by atoms with van der Waals surface area (Å²) in [6.45, 7) is 5.50. The number of carbonyl (C=O) groups excluding carboxylic acids is 1. The Hall–Kier alpha value is -2.51. The second-order valence-corrected chi connectivity index (χ2v) is 7.29. The molecule has 1 aromatic heterocycles. The second kappa shape index (κ2) is 8.24. The van der Waals surface area contributed by atoms with E-state index in [2.05, 4.69) is 10.4 Å². The summed E-state index contributed by atoms with van der Waals surface area (Å²) in [6, 6.07) is 7.01. The van der Waals surface area contributed by atoms with Crippen molar-refractivity contribution in [2.24, 2.45) is 0 Å². The first-order valence-corrected chi connectivity index (χ1v) is 9.45. The summed E-state index contributed by atoms with van der Waals surface area (Å²) in [5.41, 5.74) is 2.07. The van der Waals surface area contributed by atoms with Crippen LogP contribution in [0.25, 0.3) is 0 Å². The van der Waals surface area contributed by atoms with Gasteiger partial charge in [-0.15, -0.1) is 0 Å². The van der Waals surface area contributed by atoms with Crippen LogP contribution in [-0.4, -0.2) is 33.3 Å². The number of rotatable bonds is 7. The Kier molecular flexibility index (Phi) is 5.96. The molecule has 0 bridgehead atoms. The lowest BCUT2D eigenvalue weighted by atomic mass is 10.1. The van der Waals surface area contributed by atoms with E-state index in [9.17, 15) is 18.0 Å². The van der Waals surface area contributed by atoms with Gasteiger partial charge in [0, 0.05) is 31.4 Å². The highest BCUT2D eigenvalue weighted by molar-refractivity contribution is 5.74. The molecule has 0 radical (unpaired) electrons. The lowest BCUT2D eigenvalue weighted by molar-refractivity contribution is -0.137. The molecule has 1 N–H and O–H groups in total. The highest BCUT2D eigenvalue weighted by Gasteiger charge is 2.33. The Labute approximate surface area is 162 Å². The summed E-state index contributed by atoms with van der Waals surface area (Å²) in [5, 5.41) is 7.32. The van der Waals surface area contributed by atoms with Crippen LogP contribution in [0.1, 0.15) is 41.8 Å². The first-order chi connectivity index (χ1) is 13.2. The van der Waals surface area contributed by atoms with E-state index in [1.54, 1.807) is 4.90 Å². The quantitative estimate of drug-likeness (QED) is 0.713. The SMILES string of the molecule is Cc1cc(C)n(CCCNC(=O)N(Cc2ccc(C(F)(F)F)cc2)C2CC2)n1. The zero-order valence-electron chi connectivity index (χ0n) is 16.1. The number of urea groups is 1. The molecule has 3 rings (SSSR count). The van der Waals surface area contributed by atoms with Crippen molar-refractivity contribution in [3.05, 3.63) is 52.8 Å². The van der Waals surface area contributed by atoms with E-state index in [1.165, 1.54) is 12.1 Å². The molecule has 1 saturated carbocycles. The molecule has 1 heterocycles. The second-order valence-electron chi connectivity index (χ2n) is 7.29. The Morgan fingerprint density at radius 2 is 1.93 bits per heavy atom. The molecule has 5 nitrogen and oxygen atoms in total. The van der Waals surface area contributed by atoms with E-state index in [0.29, 0.717) is 18.7 Å². The number of hydrogen-bond acceptors (Lipinski definition) is 2. The molecule has 0 saturated heterocycles. The number of carbonyl (C=O) groups is 1. The van der Waals surface area contributed by atoms with Gasteiger partial charge < -0.3 is 10.2 Å². The van der Waals surface area contributed by atoms with Crippen molar-refractivity contribution in [2.75, 3.05) is 6.54 Å². The van der Waals surface area contributed by atoms with Crippen LogP contribution >= 0.6 is 0 Å². The molecule has 0 aliphatic heterocycles. The molecule has 2 aromatic rings. The number of aryl methyl sites for hydroxylation is 3. The predicted molar refractivity (Wildman–Crippen MR) is 99.7 cm³/mol. The van der Waals surface area contributed by atoms with E-state index in [4.69, 9.17) is 0 Å². The summed E-state index contributed by atoms with van der Waals surface area (Å²) in [7, 11) is 0. The minimum Gasteiger partial charge on any atom is -0.338 e. The number of alkyl halides is 3. The van der Waals surface area contributed by atoms with Crippen LogP contribution in [0, 0.1) is 13.8 Å². The van der Waals surface area contributed by atoms with Gasteiger partial charge in [0.05, 0.1) is 11.3 Å². The van der Waals surface area contributed by atoms with Gasteiger partial charge in [-0.1, -0.05) is 12.1 Å². The van der Waals surface area contributed by atoms with Crippen LogP contribution in [0.3, 0.4) is 0 Å². The number of amides is 2. The van der Waals surface area contributed by atoms with Crippen LogP contribution in [0.5, 0.6) is 0 Å². The van der Waals surface area contributed by atoms with Gasteiger partial charge in [0.2, 0.25) is 0 Å². The fourth-order valence-corrected chi connectivity index (χ4v) is 3.18. The molecule has 0 atom stereocenters. The first kappa shape index (κ1) is 20.2. The first-order valence-electron chi connectivity index (χ1n) is 9.45. The van der Waals surface area contributed by atoms with Gasteiger partial charge in [0.15, 0.2) is 0 Å². The number of nitrogens with one attached hydrogen (secondary N) is 1. The van der Waals surface area contributed by atoms with Crippen molar-refractivity contribution in [1.82, 2.24) is 20.0 Å². The van der Waals surface area contributed by atoms with Gasteiger partial charge in [-0.05, 0) is 56.9 Å². The van der Waals surface area contributed by atoms with Crippen LogP contribution in [0.4, 0.5) is 18.0 Å². The average molecular weight is 394 g/mol. The lowest BCUT2D eigenvalue weighted by Crippen LogP contribution is -2.41. The summed E-state index contributed by atoms with van der Waals surface area (Å²) in [4.78, 5) is 14.3. The van der Waals surface area contributed by atoms with E-state index in [0.717, 1.165) is 49.3 Å². The molecule has 8 heteroatoms. The highest BCUT2D eigenvalue weighted by Crippen LogP contribution is 2.31. The monoisotopic (exact) mass is 394 g/mol. The maximum absolute atomic E-state index is 12.7. The molecule has 1 aliphatic rings. The molecule has 0 spiro atoms. The van der Waals surface area contributed by atoms with Gasteiger partial charge >= 0.3 is 12.2 Å². The molecule has 152 valence electrons. The fourth-order valence-electron chi connectivity index (χ4n) is 3.18. The van der Waals surface area contributed by atoms with Crippen LogP contribution < -0.4 is 5.32 Å². The fraction of sp³-hybridized carbons (Fsp3) is 0.500. The topological polar surface area (TPSA) is 50.2 Å². The van der Waals surface area contributed by atoms with Gasteiger partial charge in [-0.3, -0.25) is 4.68 Å². The number of halogens is 3. The average Bonchev–Trinajstić information content (AvgIpc) is 3.41. The molecule has 2 amide bonds. The minimum atomic E-state index is -4.35. The minimum absolute atomic E-state index is 0.165. The molecule has 0 unspecified atom stereocenters. The largest absolute Gasteiger partial charge is 0.416 e. The van der Waals surface area contributed by atoms with E-state index in [1.807, 2.05) is 24.6 Å². The van der Waals surface area contributed by atoms with Crippen molar-refractivity contribution >= 4 is 6.03 Å². The van der Waals surface area contributed by atoms with Crippen molar-refractivity contribution in [3.8, 4) is 0 Å². The van der Waals surface area contributed by atoms with Crippen molar-refractivity contribution in [1.29, 1.82) is 0 Å². The van der Waals surface area contributed by atoms with Gasteiger partial charge in [-0.2, -0.15) is 18.3 Å². The maximum atomic E-state index is 12.7. The van der Waals surface area contributed by atoms with Crippen molar-refractivity contribution < 1.29 is 18.0 Å². The molecule has 1 aliphatic carbocycles. The number of benzene rings is 1. The lowest BCUT2D eigenvalue weighted by Gasteiger charge is -2.23. The number of hydrogen-bond donors (Lipinski definition) is 1. The van der Waals surface area contributed by atoms with Gasteiger partial charge in [0.25, 0.3) is 0 Å². The normalized spacial score (nSPS) is 14.2. The van der Waals surface area contributed by atoms with Crippen LogP contribution in [-0.2, 0) is 19.3 Å². The molecule has 1 aromatic carbocycles. The predicted octanol–water partition coefficient (Wildman–Crippen LogP) is 4.28. The zero-order valence-corrected chi connectivity index (χ0v) is 16.1. The Balaban J connectivity index is 1.51. The Morgan fingerprint density at radius 1 is 1.25 bits per heavy atom. The summed E-state index contributed by atoms with van der Waals surface area (Å²) in [5.74, 6) is 0. The highest BCUT2D eigenvalue weighted by atomic mass is 19.4. The van der Waals surface area contributed by atoms with E-state index in [-0.39, 0.29) is 12.1 Å². The van der Waals surface area contributed by atoms with Crippen molar-refractivity contribution in [2.45, 2.75) is 58.4 Å². The summed E-state index contributed by atoms with van der Waals surface area (Å²) in [6.07, 6.45) is -1.73. The van der Waals surface area contributed by atoms with Crippen molar-refractivity contribution in [3.63, 3.8) is 0 Å². The van der Waals surface area contributed by atoms with Gasteiger partial charge in [0.1, 0.15) is 0 Å².